The lowest BCUT2D eigenvalue weighted by molar-refractivity contribution is -0.143. The third-order valence-corrected chi connectivity index (χ3v) is 4.87. The van der Waals surface area contributed by atoms with E-state index in [1.807, 2.05) is 23.1 Å². The quantitative estimate of drug-likeness (QED) is 0.584. The first-order valence-corrected chi connectivity index (χ1v) is 9.37. The molecular formula is C19H21N7O3. The standard InChI is InChI=1S/C19H21N7O3/c1-29-17(28)5-4-16(27)24-9-11-25(12-10-24)19-22-18-21-8-6-15(26(18)23-19)14-3-2-7-20-13-14/h2-3,6-8,13H,4-5,9-12H2,1H3. The molecule has 1 fully saturated rings. The Hall–Kier alpha value is -3.56. The van der Waals surface area contributed by atoms with Crippen LogP contribution >= 0.6 is 0 Å². The van der Waals surface area contributed by atoms with Gasteiger partial charge in [0.1, 0.15) is 0 Å². The summed E-state index contributed by atoms with van der Waals surface area (Å²) < 4.78 is 6.30. The summed E-state index contributed by atoms with van der Waals surface area (Å²) in [4.78, 5) is 40.3. The maximum atomic E-state index is 12.3. The van der Waals surface area contributed by atoms with Gasteiger partial charge in [0.15, 0.2) is 0 Å². The van der Waals surface area contributed by atoms with Gasteiger partial charge in [-0.2, -0.15) is 9.50 Å². The smallest absolute Gasteiger partial charge is 0.306 e. The zero-order valence-corrected chi connectivity index (χ0v) is 16.1. The monoisotopic (exact) mass is 395 g/mol. The number of ether oxygens (including phenoxy) is 1. The van der Waals surface area contributed by atoms with Gasteiger partial charge in [0.2, 0.25) is 11.9 Å². The minimum atomic E-state index is -0.372. The van der Waals surface area contributed by atoms with Crippen LogP contribution in [0.25, 0.3) is 17.0 Å². The highest BCUT2D eigenvalue weighted by molar-refractivity contribution is 5.81. The average molecular weight is 395 g/mol. The summed E-state index contributed by atoms with van der Waals surface area (Å²) in [6, 6.07) is 5.71. The summed E-state index contributed by atoms with van der Waals surface area (Å²) >= 11 is 0. The van der Waals surface area contributed by atoms with Gasteiger partial charge in [-0.1, -0.05) is 0 Å². The number of carbonyl (C=O) groups is 2. The van der Waals surface area contributed by atoms with Gasteiger partial charge >= 0.3 is 5.97 Å². The molecule has 1 aliphatic rings. The molecule has 29 heavy (non-hydrogen) atoms. The Balaban J connectivity index is 1.45. The van der Waals surface area contributed by atoms with E-state index < -0.39 is 0 Å². The van der Waals surface area contributed by atoms with Crippen molar-refractivity contribution in [3.05, 3.63) is 36.8 Å². The second-order valence-electron chi connectivity index (χ2n) is 6.64. The van der Waals surface area contributed by atoms with Crippen molar-refractivity contribution in [1.82, 2.24) is 29.5 Å². The van der Waals surface area contributed by atoms with E-state index in [1.165, 1.54) is 7.11 Å². The minimum absolute atomic E-state index is 0.0430. The Labute approximate surface area is 167 Å². The molecule has 150 valence electrons. The third kappa shape index (κ3) is 4.00. The molecule has 10 nitrogen and oxygen atoms in total. The molecule has 1 aliphatic heterocycles. The normalized spacial score (nSPS) is 14.2. The molecular weight excluding hydrogens is 374 g/mol. The van der Waals surface area contributed by atoms with E-state index in [4.69, 9.17) is 0 Å². The van der Waals surface area contributed by atoms with Gasteiger partial charge in [-0.3, -0.25) is 14.6 Å². The van der Waals surface area contributed by atoms with E-state index in [-0.39, 0.29) is 24.7 Å². The van der Waals surface area contributed by atoms with Crippen molar-refractivity contribution in [3.8, 4) is 11.3 Å². The van der Waals surface area contributed by atoms with Crippen molar-refractivity contribution in [2.75, 3.05) is 38.2 Å². The SMILES string of the molecule is COC(=O)CCC(=O)N1CCN(c2nc3nccc(-c4cccnc4)n3n2)CC1. The van der Waals surface area contributed by atoms with Gasteiger partial charge in [-0.05, 0) is 18.2 Å². The first-order valence-electron chi connectivity index (χ1n) is 9.37. The maximum Gasteiger partial charge on any atom is 0.306 e. The summed E-state index contributed by atoms with van der Waals surface area (Å²) in [5.74, 6) is 0.676. The zero-order chi connectivity index (χ0) is 20.2. The van der Waals surface area contributed by atoms with Crippen molar-refractivity contribution in [3.63, 3.8) is 0 Å². The highest BCUT2D eigenvalue weighted by Gasteiger charge is 2.24. The molecule has 0 saturated carbocycles. The van der Waals surface area contributed by atoms with Crippen LogP contribution in [0, 0.1) is 0 Å². The van der Waals surface area contributed by atoms with Gasteiger partial charge in [0, 0.05) is 56.8 Å². The number of methoxy groups -OCH3 is 1. The minimum Gasteiger partial charge on any atom is -0.469 e. The Kier molecular flexibility index (Phi) is 5.32. The molecule has 0 bridgehead atoms. The molecule has 0 atom stereocenters. The zero-order valence-electron chi connectivity index (χ0n) is 16.1. The highest BCUT2D eigenvalue weighted by Crippen LogP contribution is 2.20. The number of nitrogens with zero attached hydrogens (tertiary/aromatic N) is 7. The maximum absolute atomic E-state index is 12.3. The van der Waals surface area contributed by atoms with Crippen molar-refractivity contribution >= 4 is 23.6 Å². The Morgan fingerprint density at radius 1 is 1.10 bits per heavy atom. The van der Waals surface area contributed by atoms with Crippen molar-refractivity contribution < 1.29 is 14.3 Å². The number of hydrogen-bond donors (Lipinski definition) is 0. The number of rotatable bonds is 5. The van der Waals surface area contributed by atoms with Gasteiger partial charge in [0.05, 0.1) is 19.2 Å². The number of fused-ring (bicyclic) bond motifs is 1. The van der Waals surface area contributed by atoms with E-state index in [9.17, 15) is 9.59 Å². The number of anilines is 1. The van der Waals surface area contributed by atoms with E-state index in [0.717, 1.165) is 11.3 Å². The largest absolute Gasteiger partial charge is 0.469 e. The molecule has 0 unspecified atom stereocenters. The number of pyridine rings is 1. The van der Waals surface area contributed by atoms with Gasteiger partial charge in [-0.25, -0.2) is 4.98 Å². The molecule has 1 amide bonds. The second-order valence-corrected chi connectivity index (χ2v) is 6.64. The van der Waals surface area contributed by atoms with Crippen LogP contribution in [0.2, 0.25) is 0 Å². The summed E-state index contributed by atoms with van der Waals surface area (Å²) in [7, 11) is 1.32. The van der Waals surface area contributed by atoms with Crippen LogP contribution in [0.3, 0.4) is 0 Å². The lowest BCUT2D eigenvalue weighted by atomic mass is 10.2. The van der Waals surface area contributed by atoms with Gasteiger partial charge in [-0.15, -0.1) is 5.10 Å². The molecule has 4 rings (SSSR count). The van der Waals surface area contributed by atoms with E-state index in [1.54, 1.807) is 28.0 Å². The molecule has 0 aromatic carbocycles. The van der Waals surface area contributed by atoms with Crippen molar-refractivity contribution in [1.29, 1.82) is 0 Å². The predicted octanol–water partition coefficient (Wildman–Crippen LogP) is 0.788. The van der Waals surface area contributed by atoms with Crippen LogP contribution in [-0.4, -0.2) is 74.6 Å². The number of piperazine rings is 1. The van der Waals surface area contributed by atoms with Crippen molar-refractivity contribution in [2.45, 2.75) is 12.8 Å². The summed E-state index contributed by atoms with van der Waals surface area (Å²) in [5.41, 5.74) is 1.79. The number of hydrogen-bond acceptors (Lipinski definition) is 8. The molecule has 0 spiro atoms. The lowest BCUT2D eigenvalue weighted by Crippen LogP contribution is -2.49. The molecule has 0 radical (unpaired) electrons. The fourth-order valence-electron chi connectivity index (χ4n) is 3.28. The molecule has 3 aromatic rings. The van der Waals surface area contributed by atoms with E-state index in [0.29, 0.717) is 37.9 Å². The summed E-state index contributed by atoms with van der Waals surface area (Å²) in [5, 5.41) is 4.63. The fraction of sp³-hybridized carbons (Fsp3) is 0.368. The van der Waals surface area contributed by atoms with Gasteiger partial charge in [0.25, 0.3) is 5.78 Å². The van der Waals surface area contributed by atoms with E-state index in [2.05, 4.69) is 24.8 Å². The molecule has 0 aliphatic carbocycles. The average Bonchev–Trinajstić information content (AvgIpc) is 3.22. The Morgan fingerprint density at radius 2 is 1.93 bits per heavy atom. The first kappa shape index (κ1) is 18.8. The highest BCUT2D eigenvalue weighted by atomic mass is 16.5. The summed E-state index contributed by atoms with van der Waals surface area (Å²) in [6.45, 7) is 2.34. The number of aromatic nitrogens is 5. The van der Waals surface area contributed by atoms with Crippen LogP contribution in [0.15, 0.2) is 36.8 Å². The first-order chi connectivity index (χ1) is 14.2. The second kappa shape index (κ2) is 8.21. The Morgan fingerprint density at radius 3 is 2.66 bits per heavy atom. The third-order valence-electron chi connectivity index (χ3n) is 4.87. The lowest BCUT2D eigenvalue weighted by Gasteiger charge is -2.34. The Bertz CT molecular complexity index is 1010. The van der Waals surface area contributed by atoms with E-state index >= 15 is 0 Å². The van der Waals surface area contributed by atoms with Crippen molar-refractivity contribution in [2.24, 2.45) is 0 Å². The number of esters is 1. The molecule has 0 N–H and O–H groups in total. The molecule has 4 heterocycles. The van der Waals surface area contributed by atoms with Crippen LogP contribution < -0.4 is 4.90 Å². The summed E-state index contributed by atoms with van der Waals surface area (Å²) in [6.07, 6.45) is 5.47. The molecule has 3 aromatic heterocycles. The van der Waals surface area contributed by atoms with Crippen LogP contribution in [0.4, 0.5) is 5.95 Å². The number of amides is 1. The molecule has 1 saturated heterocycles. The van der Waals surface area contributed by atoms with Crippen LogP contribution in [-0.2, 0) is 14.3 Å². The molecule has 10 heteroatoms. The van der Waals surface area contributed by atoms with Crippen LogP contribution in [0.5, 0.6) is 0 Å². The topological polar surface area (TPSA) is 106 Å². The predicted molar refractivity (Wildman–Crippen MR) is 104 cm³/mol. The number of carbonyl (C=O) groups excluding carboxylic acids is 2. The van der Waals surface area contributed by atoms with Gasteiger partial charge < -0.3 is 14.5 Å². The van der Waals surface area contributed by atoms with Crippen LogP contribution in [0.1, 0.15) is 12.8 Å². The fourth-order valence-corrected chi connectivity index (χ4v) is 3.28.